The third-order valence-corrected chi connectivity index (χ3v) is 11.3. The first-order valence-corrected chi connectivity index (χ1v) is 20.5. The zero-order valence-corrected chi connectivity index (χ0v) is 33.1. The molecule has 0 saturated heterocycles. The Bertz CT molecular complexity index is 3310. The molecular weight excluding hydrogens is 743 g/mol. The molecule has 0 aliphatic rings. The van der Waals surface area contributed by atoms with Crippen molar-refractivity contribution in [1.29, 1.82) is 0 Å². The highest BCUT2D eigenvalue weighted by molar-refractivity contribution is 6.14. The van der Waals surface area contributed by atoms with E-state index in [9.17, 15) is 0 Å². The van der Waals surface area contributed by atoms with E-state index in [-0.39, 0.29) is 0 Å². The standard InChI is InChI=1S/C57H37N3O/c1-6-17-38(18-7-1)41-29-31-44(32-30-41)56-58-55(43-25-14-5-15-26-43)59-57(60-56)48-34-45(39-19-8-2-9-20-39)33-47(35-48)49-27-16-28-50-52-37-46(40-21-10-3-11-22-40)36-51(54(52)61-53(49)50)42-23-12-4-13-24-42/h1-37H. The molecule has 2 aromatic heterocycles. The fourth-order valence-electron chi connectivity index (χ4n) is 8.26. The molecule has 0 saturated carbocycles. The number of para-hydroxylation sites is 1. The minimum atomic E-state index is 0.589. The molecule has 0 radical (unpaired) electrons. The first kappa shape index (κ1) is 35.9. The highest BCUT2D eigenvalue weighted by Crippen LogP contribution is 2.43. The van der Waals surface area contributed by atoms with Crippen LogP contribution in [0.25, 0.3) is 112 Å². The van der Waals surface area contributed by atoms with Gasteiger partial charge in [-0.05, 0) is 74.8 Å². The van der Waals surface area contributed by atoms with Crippen molar-refractivity contribution in [2.45, 2.75) is 0 Å². The van der Waals surface area contributed by atoms with Crippen LogP contribution in [0.5, 0.6) is 0 Å². The average Bonchev–Trinajstić information content (AvgIpc) is 3.74. The lowest BCUT2D eigenvalue weighted by Gasteiger charge is -2.13. The minimum absolute atomic E-state index is 0.589. The van der Waals surface area contributed by atoms with Crippen molar-refractivity contribution in [2.24, 2.45) is 0 Å². The molecule has 0 amide bonds. The van der Waals surface area contributed by atoms with Crippen LogP contribution < -0.4 is 0 Å². The van der Waals surface area contributed by atoms with Crippen LogP contribution in [0.3, 0.4) is 0 Å². The summed E-state index contributed by atoms with van der Waals surface area (Å²) >= 11 is 0. The van der Waals surface area contributed by atoms with Crippen molar-refractivity contribution in [3.8, 4) is 89.8 Å². The van der Waals surface area contributed by atoms with Gasteiger partial charge in [-0.1, -0.05) is 194 Å². The summed E-state index contributed by atoms with van der Waals surface area (Å²) in [5.41, 5.74) is 15.3. The van der Waals surface area contributed by atoms with Crippen LogP contribution in [0, 0.1) is 0 Å². The maximum absolute atomic E-state index is 7.06. The number of hydrogen-bond donors (Lipinski definition) is 0. The Morgan fingerprint density at radius 1 is 0.230 bits per heavy atom. The van der Waals surface area contributed by atoms with E-state index in [0.29, 0.717) is 17.5 Å². The van der Waals surface area contributed by atoms with Crippen molar-refractivity contribution in [2.75, 3.05) is 0 Å². The monoisotopic (exact) mass is 779 g/mol. The summed E-state index contributed by atoms with van der Waals surface area (Å²) in [5, 5.41) is 2.13. The van der Waals surface area contributed by atoms with E-state index in [1.54, 1.807) is 0 Å². The van der Waals surface area contributed by atoms with Gasteiger partial charge in [0.25, 0.3) is 0 Å². The van der Waals surface area contributed by atoms with Crippen molar-refractivity contribution in [3.63, 3.8) is 0 Å². The summed E-state index contributed by atoms with van der Waals surface area (Å²) in [6.07, 6.45) is 0. The van der Waals surface area contributed by atoms with Crippen LogP contribution in [0.2, 0.25) is 0 Å². The molecule has 0 spiro atoms. The minimum Gasteiger partial charge on any atom is -0.455 e. The van der Waals surface area contributed by atoms with Crippen LogP contribution in [-0.4, -0.2) is 15.0 Å². The largest absolute Gasteiger partial charge is 0.455 e. The number of nitrogens with zero attached hydrogens (tertiary/aromatic N) is 3. The quantitative estimate of drug-likeness (QED) is 0.154. The van der Waals surface area contributed by atoms with Gasteiger partial charge in [0.15, 0.2) is 17.5 Å². The van der Waals surface area contributed by atoms with Crippen molar-refractivity contribution < 1.29 is 4.42 Å². The Morgan fingerprint density at radius 3 is 1.20 bits per heavy atom. The molecular formula is C57H37N3O. The van der Waals surface area contributed by atoms with E-state index >= 15 is 0 Å². The van der Waals surface area contributed by atoms with Crippen LogP contribution in [0.15, 0.2) is 229 Å². The van der Waals surface area contributed by atoms with Crippen molar-refractivity contribution in [3.05, 3.63) is 224 Å². The summed E-state index contributed by atoms with van der Waals surface area (Å²) in [6.45, 7) is 0. The fraction of sp³-hybridized carbons (Fsp3) is 0. The number of aromatic nitrogens is 3. The lowest BCUT2D eigenvalue weighted by atomic mass is 9.93. The van der Waals surface area contributed by atoms with Crippen LogP contribution in [0.4, 0.5) is 0 Å². The molecule has 11 aromatic rings. The van der Waals surface area contributed by atoms with Gasteiger partial charge in [0.1, 0.15) is 11.2 Å². The summed E-state index contributed by atoms with van der Waals surface area (Å²) in [7, 11) is 0. The smallest absolute Gasteiger partial charge is 0.164 e. The first-order valence-electron chi connectivity index (χ1n) is 20.5. The molecule has 0 fully saturated rings. The molecule has 0 aliphatic carbocycles. The fourth-order valence-corrected chi connectivity index (χ4v) is 8.26. The Kier molecular flexibility index (Phi) is 9.14. The second-order valence-electron chi connectivity index (χ2n) is 15.2. The topological polar surface area (TPSA) is 51.8 Å². The van der Waals surface area contributed by atoms with Crippen molar-refractivity contribution in [1.82, 2.24) is 15.0 Å². The van der Waals surface area contributed by atoms with Gasteiger partial charge < -0.3 is 4.42 Å². The van der Waals surface area contributed by atoms with E-state index < -0.39 is 0 Å². The maximum Gasteiger partial charge on any atom is 0.164 e. The molecule has 2 heterocycles. The Hall–Kier alpha value is -8.21. The van der Waals surface area contributed by atoms with Crippen molar-refractivity contribution >= 4 is 21.9 Å². The summed E-state index contributed by atoms with van der Waals surface area (Å²) in [4.78, 5) is 15.4. The molecule has 61 heavy (non-hydrogen) atoms. The molecule has 0 atom stereocenters. The molecule has 4 heteroatoms. The molecule has 0 bridgehead atoms. The van der Waals surface area contributed by atoms with Crippen LogP contribution >= 0.6 is 0 Å². The average molecular weight is 780 g/mol. The predicted molar refractivity (Wildman–Crippen MR) is 251 cm³/mol. The summed E-state index contributed by atoms with van der Waals surface area (Å²) < 4.78 is 7.06. The van der Waals surface area contributed by atoms with Gasteiger partial charge in [-0.25, -0.2) is 15.0 Å². The molecule has 4 nitrogen and oxygen atoms in total. The zero-order chi connectivity index (χ0) is 40.5. The van der Waals surface area contributed by atoms with Crippen LogP contribution in [0.1, 0.15) is 0 Å². The highest BCUT2D eigenvalue weighted by Gasteiger charge is 2.20. The first-order chi connectivity index (χ1) is 30.2. The summed E-state index contributed by atoms with van der Waals surface area (Å²) in [5.74, 6) is 1.81. The Morgan fingerprint density at radius 2 is 0.623 bits per heavy atom. The predicted octanol–water partition coefficient (Wildman–Crippen LogP) is 15.1. The number of fused-ring (bicyclic) bond motifs is 3. The normalized spacial score (nSPS) is 11.3. The summed E-state index contributed by atoms with van der Waals surface area (Å²) in [6, 6.07) is 78.1. The van der Waals surface area contributed by atoms with Gasteiger partial charge in [0.2, 0.25) is 0 Å². The molecule has 0 unspecified atom stereocenters. The SMILES string of the molecule is c1ccc(-c2ccc(-c3nc(-c4ccccc4)nc(-c4cc(-c5ccccc5)cc(-c5cccc6c5oc5c(-c7ccccc7)cc(-c7ccccc7)cc56)c4)n3)cc2)cc1. The van der Waals surface area contributed by atoms with Gasteiger partial charge >= 0.3 is 0 Å². The lowest BCUT2D eigenvalue weighted by molar-refractivity contribution is 0.671. The number of furan rings is 1. The van der Waals surface area contributed by atoms with Gasteiger partial charge in [0.05, 0.1) is 0 Å². The van der Waals surface area contributed by atoms with E-state index in [0.717, 1.165) is 94.3 Å². The molecule has 9 aromatic carbocycles. The molecule has 0 aliphatic heterocycles. The van der Waals surface area contributed by atoms with E-state index in [1.165, 1.54) is 0 Å². The Balaban J connectivity index is 1.12. The van der Waals surface area contributed by atoms with Gasteiger partial charge in [-0.15, -0.1) is 0 Å². The van der Waals surface area contributed by atoms with E-state index in [2.05, 4.69) is 182 Å². The maximum atomic E-state index is 7.06. The number of hydrogen-bond acceptors (Lipinski definition) is 4. The molecule has 11 rings (SSSR count). The Labute approximate surface area is 354 Å². The number of benzene rings is 9. The molecule has 0 N–H and O–H groups in total. The lowest BCUT2D eigenvalue weighted by Crippen LogP contribution is -2.00. The number of rotatable bonds is 8. The van der Waals surface area contributed by atoms with Gasteiger partial charge in [-0.2, -0.15) is 0 Å². The highest BCUT2D eigenvalue weighted by atomic mass is 16.3. The second-order valence-corrected chi connectivity index (χ2v) is 15.2. The third kappa shape index (κ3) is 6.96. The van der Waals surface area contributed by atoms with E-state index in [4.69, 9.17) is 19.4 Å². The second kappa shape index (κ2) is 15.5. The third-order valence-electron chi connectivity index (χ3n) is 11.3. The van der Waals surface area contributed by atoms with Crippen LogP contribution in [-0.2, 0) is 0 Å². The zero-order valence-electron chi connectivity index (χ0n) is 33.1. The van der Waals surface area contributed by atoms with Gasteiger partial charge in [-0.3, -0.25) is 0 Å². The van der Waals surface area contributed by atoms with Gasteiger partial charge in [0, 0.05) is 38.6 Å². The van der Waals surface area contributed by atoms with E-state index in [1.807, 2.05) is 42.5 Å². The molecule has 286 valence electrons.